The molecule has 8 nitrogen and oxygen atoms in total. The fourth-order valence-corrected chi connectivity index (χ4v) is 10.7. The minimum atomic E-state index is -4.38. The molecule has 0 aliphatic rings. The lowest BCUT2D eigenvalue weighted by Gasteiger charge is -2.25. The summed E-state index contributed by atoms with van der Waals surface area (Å²) in [6, 6.07) is -0.885. The number of hydrogen-bond donors (Lipinski definition) is 3. The van der Waals surface area contributed by atoms with E-state index in [-0.39, 0.29) is 19.1 Å². The van der Waals surface area contributed by atoms with Crippen molar-refractivity contribution in [2.75, 3.05) is 40.9 Å². The monoisotopic (exact) mass is 1240 g/mol. The van der Waals surface area contributed by atoms with Crippen molar-refractivity contribution < 1.29 is 32.9 Å². The Labute approximate surface area is 544 Å². The van der Waals surface area contributed by atoms with E-state index in [1.165, 1.54) is 154 Å². The third-order valence-corrected chi connectivity index (χ3v) is 16.5. The van der Waals surface area contributed by atoms with Crippen LogP contribution in [0.2, 0.25) is 0 Å². The Hall–Kier alpha value is -3.62. The molecule has 0 bridgehead atoms. The second-order valence-electron chi connectivity index (χ2n) is 25.2. The van der Waals surface area contributed by atoms with E-state index in [1.54, 1.807) is 6.08 Å². The summed E-state index contributed by atoms with van der Waals surface area (Å²) < 4.78 is 23.8. The van der Waals surface area contributed by atoms with Gasteiger partial charge in [0.05, 0.1) is 39.9 Å². The zero-order valence-corrected chi connectivity index (χ0v) is 58.6. The number of aliphatic hydroxyl groups is 1. The number of amides is 1. The summed E-state index contributed by atoms with van der Waals surface area (Å²) >= 11 is 0. The van der Waals surface area contributed by atoms with E-state index in [0.717, 1.165) is 122 Å². The number of phosphoric acid groups is 1. The number of hydrogen-bond acceptors (Lipinski definition) is 5. The molecule has 0 aliphatic carbocycles. The minimum absolute atomic E-state index is 0.0457. The number of allylic oxidation sites excluding steroid dienone is 23. The molecular weight excluding hydrogens is 1100 g/mol. The number of nitrogens with zero attached hydrogens (tertiary/aromatic N) is 1. The molecule has 0 rings (SSSR count). The van der Waals surface area contributed by atoms with Gasteiger partial charge in [-0.3, -0.25) is 13.8 Å². The van der Waals surface area contributed by atoms with E-state index in [2.05, 4.69) is 153 Å². The van der Waals surface area contributed by atoms with Gasteiger partial charge in [-0.1, -0.05) is 327 Å². The number of likely N-dealkylation sites (N-methyl/N-ethyl adjacent to an activating group) is 1. The summed E-state index contributed by atoms with van der Waals surface area (Å²) in [5, 5.41) is 14.0. The fraction of sp³-hybridized carbons (Fsp3) is 0.684. The average molecular weight is 1240 g/mol. The molecule has 0 heterocycles. The first-order valence-corrected chi connectivity index (χ1v) is 37.7. The third-order valence-electron chi connectivity index (χ3n) is 15.5. The lowest BCUT2D eigenvalue weighted by Crippen LogP contribution is -2.45. The third kappa shape index (κ3) is 69.8. The van der Waals surface area contributed by atoms with Crippen molar-refractivity contribution in [1.82, 2.24) is 5.32 Å². The van der Waals surface area contributed by atoms with Gasteiger partial charge < -0.3 is 19.8 Å². The molecule has 504 valence electrons. The van der Waals surface area contributed by atoms with Crippen molar-refractivity contribution in [3.63, 3.8) is 0 Å². The molecule has 0 aromatic rings. The molecule has 3 N–H and O–H groups in total. The second-order valence-corrected chi connectivity index (χ2v) is 26.7. The Morgan fingerprint density at radius 2 is 0.693 bits per heavy atom. The maximum Gasteiger partial charge on any atom is 0.472 e. The summed E-state index contributed by atoms with van der Waals surface area (Å²) in [5.41, 5.74) is 0. The quantitative estimate of drug-likeness (QED) is 0.0243. The van der Waals surface area contributed by atoms with Crippen LogP contribution in [-0.4, -0.2) is 73.4 Å². The summed E-state index contributed by atoms with van der Waals surface area (Å²) in [7, 11) is 1.53. The Morgan fingerprint density at radius 3 is 1.05 bits per heavy atom. The standard InChI is InChI=1S/C79H137N2O6P/c1-6-8-10-12-14-16-18-20-22-24-26-28-30-32-34-36-37-38-39-40-41-42-43-45-47-49-51-53-55-57-59-61-63-65-67-69-71-73-79(83)80-77(76-87-88(84,85)86-75-74-81(3,4)5)78(82)72-70-68-66-64-62-60-58-56-54-52-50-48-46-44-35-33-31-29-27-25-23-21-19-17-15-13-11-9-7-2/h8,10,14,16,20,22,26,28,32,34,37-38,40-41,43,45,49,51,55,57,62,64,70,72,77-78,82H,6-7,9,11-13,15,17-19,21,23-25,27,29-31,33,35-36,39,42,44,46-48,50,52-54,56,58-61,63,65-69,71,73-76H2,1-5H3,(H-,80,83,84,85)/p+1/b10-8-,16-14-,22-20-,28-26-,34-32-,38-37-,41-40-,45-43-,51-49-,57-55-,64-62+,72-70+. The Morgan fingerprint density at radius 1 is 0.398 bits per heavy atom. The van der Waals surface area contributed by atoms with E-state index >= 15 is 0 Å². The number of phosphoric ester groups is 1. The van der Waals surface area contributed by atoms with E-state index in [9.17, 15) is 19.4 Å². The Balaban J connectivity index is 4.20. The summed E-state index contributed by atoms with van der Waals surface area (Å²) in [6.07, 6.45) is 104. The molecule has 0 aliphatic heterocycles. The number of carbonyl (C=O) groups is 1. The molecule has 3 unspecified atom stereocenters. The molecule has 0 spiro atoms. The molecule has 0 aromatic carbocycles. The highest BCUT2D eigenvalue weighted by Gasteiger charge is 2.28. The summed E-state index contributed by atoms with van der Waals surface area (Å²) in [5.74, 6) is -0.205. The predicted molar refractivity (Wildman–Crippen MR) is 387 cm³/mol. The maximum atomic E-state index is 13.1. The molecule has 0 radical (unpaired) electrons. The SMILES string of the molecule is CC/C=C\C/C=C\C/C=C\C/C=C\C/C=C\C/C=C\C/C=C\C/C=C\C/C=C\C/C=C\CCCCCCCCC(=O)NC(COP(=O)(O)OCC[N+](C)(C)C)C(O)/C=C/CC/C=C/CCCCCCCCCCCCCCCCCCCCCCCCC. The van der Waals surface area contributed by atoms with Gasteiger partial charge in [0.15, 0.2) is 0 Å². The molecule has 0 fully saturated rings. The molecular formula is C79H138N2O6P+. The largest absolute Gasteiger partial charge is 0.472 e. The highest BCUT2D eigenvalue weighted by atomic mass is 31.2. The number of quaternary nitrogens is 1. The molecule has 1 amide bonds. The number of rotatable bonds is 65. The minimum Gasteiger partial charge on any atom is -0.387 e. The van der Waals surface area contributed by atoms with E-state index in [4.69, 9.17) is 9.05 Å². The average Bonchev–Trinajstić information content (AvgIpc) is 3.70. The lowest BCUT2D eigenvalue weighted by molar-refractivity contribution is -0.870. The van der Waals surface area contributed by atoms with Gasteiger partial charge in [0.25, 0.3) is 0 Å². The second kappa shape index (κ2) is 67.8. The van der Waals surface area contributed by atoms with Crippen LogP contribution in [-0.2, 0) is 18.4 Å². The Bertz CT molecular complexity index is 1950. The van der Waals surface area contributed by atoms with Crippen molar-refractivity contribution in [2.45, 2.75) is 309 Å². The van der Waals surface area contributed by atoms with Crippen LogP contribution in [0.25, 0.3) is 0 Å². The van der Waals surface area contributed by atoms with Crippen LogP contribution in [0.4, 0.5) is 0 Å². The van der Waals surface area contributed by atoms with Crippen molar-refractivity contribution >= 4 is 13.7 Å². The van der Waals surface area contributed by atoms with Gasteiger partial charge in [-0.05, 0) is 109 Å². The van der Waals surface area contributed by atoms with Crippen molar-refractivity contribution in [3.05, 3.63) is 146 Å². The number of carbonyl (C=O) groups excluding carboxylic acids is 1. The van der Waals surface area contributed by atoms with Gasteiger partial charge in [0.1, 0.15) is 13.2 Å². The summed E-state index contributed by atoms with van der Waals surface area (Å²) in [4.78, 5) is 23.4. The lowest BCUT2D eigenvalue weighted by atomic mass is 10.0. The maximum absolute atomic E-state index is 13.1. The number of aliphatic hydroxyl groups excluding tert-OH is 1. The van der Waals surface area contributed by atoms with Crippen LogP contribution in [0.1, 0.15) is 296 Å². The molecule has 0 saturated heterocycles. The molecule has 3 atom stereocenters. The van der Waals surface area contributed by atoms with Crippen LogP contribution in [0.15, 0.2) is 146 Å². The first-order chi connectivity index (χ1) is 43.0. The van der Waals surface area contributed by atoms with Crippen LogP contribution in [0.3, 0.4) is 0 Å². The van der Waals surface area contributed by atoms with Crippen LogP contribution in [0, 0.1) is 0 Å². The van der Waals surface area contributed by atoms with Gasteiger partial charge in [-0.2, -0.15) is 0 Å². The van der Waals surface area contributed by atoms with Crippen LogP contribution < -0.4 is 5.32 Å². The van der Waals surface area contributed by atoms with Crippen molar-refractivity contribution in [2.24, 2.45) is 0 Å². The topological polar surface area (TPSA) is 105 Å². The van der Waals surface area contributed by atoms with Gasteiger partial charge in [-0.25, -0.2) is 4.57 Å². The van der Waals surface area contributed by atoms with Crippen molar-refractivity contribution in [1.29, 1.82) is 0 Å². The molecule has 9 heteroatoms. The molecule has 0 saturated carbocycles. The molecule has 0 aromatic heterocycles. The van der Waals surface area contributed by atoms with E-state index in [0.29, 0.717) is 17.4 Å². The summed E-state index contributed by atoms with van der Waals surface area (Å²) in [6.45, 7) is 4.68. The first-order valence-electron chi connectivity index (χ1n) is 36.2. The first kappa shape index (κ1) is 84.4. The molecule has 88 heavy (non-hydrogen) atoms. The number of unbranched alkanes of at least 4 members (excludes halogenated alkanes) is 30. The van der Waals surface area contributed by atoms with Gasteiger partial charge in [-0.15, -0.1) is 0 Å². The van der Waals surface area contributed by atoms with Crippen LogP contribution >= 0.6 is 7.82 Å². The van der Waals surface area contributed by atoms with E-state index in [1.807, 2.05) is 27.2 Å². The fourth-order valence-electron chi connectivity index (χ4n) is 9.97. The highest BCUT2D eigenvalue weighted by Crippen LogP contribution is 2.43. The zero-order valence-electron chi connectivity index (χ0n) is 57.7. The van der Waals surface area contributed by atoms with Crippen molar-refractivity contribution in [3.8, 4) is 0 Å². The van der Waals surface area contributed by atoms with Gasteiger partial charge in [0.2, 0.25) is 5.91 Å². The van der Waals surface area contributed by atoms with Gasteiger partial charge in [0, 0.05) is 6.42 Å². The zero-order chi connectivity index (χ0) is 64.1. The van der Waals surface area contributed by atoms with E-state index < -0.39 is 20.0 Å². The normalized spacial score (nSPS) is 14.5. The Kier molecular flexibility index (Phi) is 65.0. The van der Waals surface area contributed by atoms with Crippen LogP contribution in [0.5, 0.6) is 0 Å². The highest BCUT2D eigenvalue weighted by molar-refractivity contribution is 7.47. The van der Waals surface area contributed by atoms with Gasteiger partial charge >= 0.3 is 7.82 Å². The number of nitrogens with one attached hydrogen (secondary N) is 1. The smallest absolute Gasteiger partial charge is 0.387 e. The predicted octanol–water partition coefficient (Wildman–Crippen LogP) is 23.6.